The van der Waals surface area contributed by atoms with Gasteiger partial charge in [-0.3, -0.25) is 5.10 Å². The summed E-state index contributed by atoms with van der Waals surface area (Å²) in [5, 5.41) is 22.4. The van der Waals surface area contributed by atoms with Crippen molar-refractivity contribution in [2.24, 2.45) is 0 Å². The lowest BCUT2D eigenvalue weighted by atomic mass is 9.81. The number of aromatic amines is 1. The Morgan fingerprint density at radius 2 is 2.04 bits per heavy atom. The number of H-pyrrole nitrogens is 1. The van der Waals surface area contributed by atoms with Crippen molar-refractivity contribution in [1.82, 2.24) is 20.0 Å². The van der Waals surface area contributed by atoms with Gasteiger partial charge < -0.3 is 10.8 Å². The first-order valence-electron chi connectivity index (χ1n) is 8.34. The summed E-state index contributed by atoms with van der Waals surface area (Å²) in [4.78, 5) is 0. The number of rotatable bonds is 8. The first-order valence-corrected chi connectivity index (χ1v) is 8.34. The number of nitrogen functional groups attached to an aromatic ring is 1. The summed E-state index contributed by atoms with van der Waals surface area (Å²) < 4.78 is 1.62. The van der Waals surface area contributed by atoms with Crippen LogP contribution >= 0.6 is 0 Å². The summed E-state index contributed by atoms with van der Waals surface area (Å²) in [6.07, 6.45) is 9.52. The van der Waals surface area contributed by atoms with Crippen LogP contribution < -0.4 is 5.73 Å². The fourth-order valence-corrected chi connectivity index (χ4v) is 3.10. The number of allylic oxidation sites excluding steroid dienone is 1. The highest BCUT2D eigenvalue weighted by atomic mass is 16.3. The van der Waals surface area contributed by atoms with E-state index in [0.717, 1.165) is 30.4 Å². The fourth-order valence-electron chi connectivity index (χ4n) is 3.10. The molecule has 0 aliphatic rings. The SMILES string of the molecule is CC/C=C(\c1cnn(-c2ccn[nH]2)c1N)C(O)(CCC)CCC. The maximum Gasteiger partial charge on any atom is 0.151 e. The van der Waals surface area contributed by atoms with Crippen molar-refractivity contribution >= 4 is 11.4 Å². The van der Waals surface area contributed by atoms with Crippen molar-refractivity contribution < 1.29 is 5.11 Å². The molecule has 2 aromatic heterocycles. The highest BCUT2D eigenvalue weighted by Crippen LogP contribution is 2.38. The summed E-state index contributed by atoms with van der Waals surface area (Å²) in [7, 11) is 0. The lowest BCUT2D eigenvalue weighted by Crippen LogP contribution is -2.30. The predicted molar refractivity (Wildman–Crippen MR) is 93.2 cm³/mol. The Kier molecular flexibility index (Phi) is 5.60. The van der Waals surface area contributed by atoms with E-state index < -0.39 is 5.60 Å². The fraction of sp³-hybridized carbons (Fsp3) is 0.529. The van der Waals surface area contributed by atoms with Gasteiger partial charge in [-0.1, -0.05) is 39.7 Å². The van der Waals surface area contributed by atoms with Gasteiger partial charge in [0, 0.05) is 11.6 Å². The van der Waals surface area contributed by atoms with Crippen molar-refractivity contribution in [2.75, 3.05) is 5.73 Å². The van der Waals surface area contributed by atoms with Crippen LogP contribution in [0.1, 0.15) is 58.4 Å². The van der Waals surface area contributed by atoms with E-state index in [-0.39, 0.29) is 0 Å². The minimum Gasteiger partial charge on any atom is -0.385 e. The van der Waals surface area contributed by atoms with Gasteiger partial charge in [-0.15, -0.1) is 0 Å². The molecule has 0 saturated carbocycles. The quantitative estimate of drug-likeness (QED) is 0.696. The van der Waals surface area contributed by atoms with Gasteiger partial charge in [0.05, 0.1) is 18.0 Å². The number of hydrogen-bond acceptors (Lipinski definition) is 4. The molecule has 2 rings (SSSR count). The van der Waals surface area contributed by atoms with E-state index in [1.54, 1.807) is 23.1 Å². The molecule has 0 aliphatic heterocycles. The molecule has 6 nitrogen and oxygen atoms in total. The van der Waals surface area contributed by atoms with Gasteiger partial charge in [0.15, 0.2) is 5.82 Å². The number of aromatic nitrogens is 4. The van der Waals surface area contributed by atoms with Crippen LogP contribution in [0.15, 0.2) is 24.5 Å². The summed E-state index contributed by atoms with van der Waals surface area (Å²) in [6.45, 7) is 6.23. The largest absolute Gasteiger partial charge is 0.385 e. The number of nitrogens with two attached hydrogens (primary N) is 1. The summed E-state index contributed by atoms with van der Waals surface area (Å²) in [5.74, 6) is 1.22. The number of nitrogens with zero attached hydrogens (tertiary/aromatic N) is 3. The maximum absolute atomic E-state index is 11.2. The molecule has 0 unspecified atom stereocenters. The third-order valence-corrected chi connectivity index (χ3v) is 4.05. The molecule has 0 bridgehead atoms. The minimum absolute atomic E-state index is 0.514. The average molecular weight is 317 g/mol. The molecule has 2 heterocycles. The molecule has 6 heteroatoms. The van der Waals surface area contributed by atoms with Crippen molar-refractivity contribution in [2.45, 2.75) is 58.5 Å². The smallest absolute Gasteiger partial charge is 0.151 e. The first kappa shape index (κ1) is 17.3. The Morgan fingerprint density at radius 3 is 2.57 bits per heavy atom. The third-order valence-electron chi connectivity index (χ3n) is 4.05. The Morgan fingerprint density at radius 1 is 1.35 bits per heavy atom. The zero-order valence-electron chi connectivity index (χ0n) is 14.2. The predicted octanol–water partition coefficient (Wildman–Crippen LogP) is 3.30. The van der Waals surface area contributed by atoms with Gasteiger partial charge >= 0.3 is 0 Å². The normalized spacial score (nSPS) is 12.8. The molecule has 0 radical (unpaired) electrons. The second-order valence-electron chi connectivity index (χ2n) is 5.85. The van der Waals surface area contributed by atoms with Crippen molar-refractivity contribution in [3.05, 3.63) is 30.1 Å². The van der Waals surface area contributed by atoms with Gasteiger partial charge in [0.25, 0.3) is 0 Å². The van der Waals surface area contributed by atoms with E-state index in [1.807, 2.05) is 0 Å². The van der Waals surface area contributed by atoms with E-state index in [9.17, 15) is 5.11 Å². The lowest BCUT2D eigenvalue weighted by Gasteiger charge is -2.31. The molecule has 0 aliphatic carbocycles. The van der Waals surface area contributed by atoms with Crippen LogP contribution in [0.3, 0.4) is 0 Å². The molecule has 0 amide bonds. The topological polar surface area (TPSA) is 92.8 Å². The second-order valence-corrected chi connectivity index (χ2v) is 5.85. The third kappa shape index (κ3) is 3.47. The summed E-state index contributed by atoms with van der Waals surface area (Å²) >= 11 is 0. The summed E-state index contributed by atoms with van der Waals surface area (Å²) in [5.41, 5.74) is 7.13. The van der Waals surface area contributed by atoms with Crippen LogP contribution in [0.4, 0.5) is 5.82 Å². The Labute approximate surface area is 137 Å². The molecule has 0 aromatic carbocycles. The Balaban J connectivity index is 2.48. The van der Waals surface area contributed by atoms with Gasteiger partial charge in [-0.2, -0.15) is 14.9 Å². The molecule has 0 saturated heterocycles. The van der Waals surface area contributed by atoms with Crippen LogP contribution in [-0.2, 0) is 0 Å². The molecule has 23 heavy (non-hydrogen) atoms. The van der Waals surface area contributed by atoms with Gasteiger partial charge in [0.1, 0.15) is 5.82 Å². The van der Waals surface area contributed by atoms with E-state index in [2.05, 4.69) is 42.1 Å². The molecule has 2 aromatic rings. The van der Waals surface area contributed by atoms with Crippen LogP contribution in [-0.4, -0.2) is 30.7 Å². The molecule has 0 atom stereocenters. The number of anilines is 1. The molecule has 0 fully saturated rings. The number of nitrogens with one attached hydrogen (secondary N) is 1. The van der Waals surface area contributed by atoms with Crippen LogP contribution in [0, 0.1) is 0 Å². The lowest BCUT2D eigenvalue weighted by molar-refractivity contribution is 0.0809. The molecule has 126 valence electrons. The van der Waals surface area contributed by atoms with Crippen LogP contribution in [0.2, 0.25) is 0 Å². The van der Waals surface area contributed by atoms with Crippen molar-refractivity contribution in [3.8, 4) is 5.82 Å². The zero-order chi connectivity index (χ0) is 16.9. The number of aliphatic hydroxyl groups is 1. The average Bonchev–Trinajstić information content (AvgIpc) is 3.15. The monoisotopic (exact) mass is 317 g/mol. The summed E-state index contributed by atoms with van der Waals surface area (Å²) in [6, 6.07) is 1.81. The van der Waals surface area contributed by atoms with Gasteiger partial charge in [-0.25, -0.2) is 0 Å². The van der Waals surface area contributed by atoms with E-state index in [4.69, 9.17) is 5.73 Å². The molecule has 4 N–H and O–H groups in total. The van der Waals surface area contributed by atoms with Crippen molar-refractivity contribution in [3.63, 3.8) is 0 Å². The van der Waals surface area contributed by atoms with Crippen molar-refractivity contribution in [1.29, 1.82) is 0 Å². The van der Waals surface area contributed by atoms with E-state index in [0.29, 0.717) is 24.5 Å². The molecule has 0 spiro atoms. The van der Waals surface area contributed by atoms with Gasteiger partial charge in [0.2, 0.25) is 0 Å². The van der Waals surface area contributed by atoms with E-state index in [1.165, 1.54) is 0 Å². The Bertz CT molecular complexity index is 636. The van der Waals surface area contributed by atoms with Crippen LogP contribution in [0.5, 0.6) is 0 Å². The van der Waals surface area contributed by atoms with E-state index >= 15 is 0 Å². The minimum atomic E-state index is -0.866. The van der Waals surface area contributed by atoms with Crippen LogP contribution in [0.25, 0.3) is 11.4 Å². The molecular weight excluding hydrogens is 290 g/mol. The highest BCUT2D eigenvalue weighted by Gasteiger charge is 2.32. The molecular formula is C17H27N5O. The Hall–Kier alpha value is -2.08. The highest BCUT2D eigenvalue weighted by molar-refractivity contribution is 5.78. The maximum atomic E-state index is 11.2. The first-order chi connectivity index (χ1) is 11.1. The number of hydrogen-bond donors (Lipinski definition) is 3. The standard InChI is InChI=1S/C17H27N5O/c1-4-7-14(17(23,9-5-2)10-6-3)13-12-20-22(16(13)18)15-8-11-19-21-15/h7-8,11-12,23H,4-6,9-10,18H2,1-3H3,(H,19,21)/b14-7+. The zero-order valence-corrected chi connectivity index (χ0v) is 14.2. The second kappa shape index (κ2) is 7.46. The van der Waals surface area contributed by atoms with Gasteiger partial charge in [-0.05, 0) is 24.8 Å².